The second-order valence-corrected chi connectivity index (χ2v) is 8.47. The van der Waals surface area contributed by atoms with Gasteiger partial charge in [-0.3, -0.25) is 29.4 Å². The Morgan fingerprint density at radius 3 is 2.50 bits per heavy atom. The molecule has 1 fully saturated rings. The number of amides is 2. The number of rotatable bonds is 6. The number of nitro groups is 1. The zero-order valence-corrected chi connectivity index (χ0v) is 19.3. The molecule has 178 valence electrons. The molecule has 0 N–H and O–H groups in total. The van der Waals surface area contributed by atoms with Crippen LogP contribution in [0.2, 0.25) is 0 Å². The lowest BCUT2D eigenvalue weighted by Gasteiger charge is -2.12. The maximum Gasteiger partial charge on any atom is 0.416 e. The molecule has 0 spiro atoms. The second-order valence-electron chi connectivity index (χ2n) is 6.57. The number of esters is 1. The van der Waals surface area contributed by atoms with Gasteiger partial charge >= 0.3 is 17.8 Å². The average molecular weight is 561 g/mol. The number of benzene rings is 2. The monoisotopic (exact) mass is 560 g/mol. The number of hydrogen-bond acceptors (Lipinski definition) is 8. The van der Waals surface area contributed by atoms with Gasteiger partial charge in [-0.1, -0.05) is 15.9 Å². The molecule has 9 nitrogen and oxygen atoms in total. The van der Waals surface area contributed by atoms with Gasteiger partial charge in [-0.05, 0) is 48.2 Å². The third-order valence-electron chi connectivity index (χ3n) is 4.35. The van der Waals surface area contributed by atoms with Crippen LogP contribution in [0.15, 0.2) is 45.8 Å². The van der Waals surface area contributed by atoms with Crippen molar-refractivity contribution in [2.45, 2.75) is 6.18 Å². The van der Waals surface area contributed by atoms with E-state index < -0.39 is 51.8 Å². The molecule has 0 radical (unpaired) electrons. The summed E-state index contributed by atoms with van der Waals surface area (Å²) in [6.45, 7) is -0.585. The summed E-state index contributed by atoms with van der Waals surface area (Å²) in [5.74, 6) is -2.07. The lowest BCUT2D eigenvalue weighted by atomic mass is 10.1. The third-order valence-corrected chi connectivity index (χ3v) is 5.75. The van der Waals surface area contributed by atoms with Crippen molar-refractivity contribution in [3.05, 3.63) is 67.0 Å². The lowest BCUT2D eigenvalue weighted by Crippen LogP contribution is -2.34. The number of nitro benzene ring substituents is 1. The van der Waals surface area contributed by atoms with Crippen molar-refractivity contribution < 1.29 is 42.0 Å². The minimum atomic E-state index is -4.79. The van der Waals surface area contributed by atoms with E-state index in [1.807, 2.05) is 0 Å². The number of carbonyl (C=O) groups excluding carboxylic acids is 3. The van der Waals surface area contributed by atoms with Gasteiger partial charge in [-0.2, -0.15) is 13.2 Å². The third kappa shape index (κ3) is 5.56. The van der Waals surface area contributed by atoms with Crippen LogP contribution >= 0.6 is 27.7 Å². The molecule has 14 heteroatoms. The number of ether oxygens (including phenoxy) is 2. The van der Waals surface area contributed by atoms with E-state index in [2.05, 4.69) is 20.7 Å². The highest BCUT2D eigenvalue weighted by molar-refractivity contribution is 9.10. The summed E-state index contributed by atoms with van der Waals surface area (Å²) in [4.78, 5) is 47.1. The van der Waals surface area contributed by atoms with Crippen LogP contribution in [0.25, 0.3) is 6.08 Å². The minimum absolute atomic E-state index is 0.0363. The molecule has 0 aromatic heterocycles. The fourth-order valence-electron chi connectivity index (χ4n) is 2.74. The van der Waals surface area contributed by atoms with E-state index in [1.54, 1.807) is 0 Å². The normalized spacial score (nSPS) is 15.1. The van der Waals surface area contributed by atoms with E-state index in [0.717, 1.165) is 13.2 Å². The van der Waals surface area contributed by atoms with Crippen molar-refractivity contribution >= 4 is 56.6 Å². The van der Waals surface area contributed by atoms with Crippen LogP contribution in [0.4, 0.5) is 23.7 Å². The Hall–Kier alpha value is -3.39. The van der Waals surface area contributed by atoms with Crippen LogP contribution in [-0.2, 0) is 20.5 Å². The van der Waals surface area contributed by atoms with Gasteiger partial charge in [0.1, 0.15) is 12.3 Å². The topological polar surface area (TPSA) is 116 Å². The van der Waals surface area contributed by atoms with E-state index in [-0.39, 0.29) is 16.2 Å². The molecule has 0 bridgehead atoms. The SMILES string of the molecule is COC(=O)CN1C(=O)S/C(=C/c2cc(Br)ccc2Oc2ccc(C(F)(F)F)cc2[N+](=O)[O-])C1=O. The van der Waals surface area contributed by atoms with Crippen LogP contribution < -0.4 is 4.74 Å². The lowest BCUT2D eigenvalue weighted by molar-refractivity contribution is -0.385. The van der Waals surface area contributed by atoms with Crippen molar-refractivity contribution in [2.24, 2.45) is 0 Å². The highest BCUT2D eigenvalue weighted by Crippen LogP contribution is 2.40. The molecule has 3 rings (SSSR count). The quantitative estimate of drug-likeness (QED) is 0.200. The number of halogens is 4. The van der Waals surface area contributed by atoms with Crippen molar-refractivity contribution in [3.63, 3.8) is 0 Å². The summed E-state index contributed by atoms with van der Waals surface area (Å²) in [6.07, 6.45) is -3.53. The molecule has 0 unspecified atom stereocenters. The molecular weight excluding hydrogens is 549 g/mol. The number of hydrogen-bond donors (Lipinski definition) is 0. The number of imide groups is 1. The molecule has 1 saturated heterocycles. The van der Waals surface area contributed by atoms with E-state index in [0.29, 0.717) is 33.3 Å². The van der Waals surface area contributed by atoms with Gasteiger partial charge < -0.3 is 9.47 Å². The maximum atomic E-state index is 13.0. The van der Waals surface area contributed by atoms with Gasteiger partial charge in [0.25, 0.3) is 11.1 Å². The predicted molar refractivity (Wildman–Crippen MR) is 117 cm³/mol. The van der Waals surface area contributed by atoms with E-state index >= 15 is 0 Å². The molecule has 1 heterocycles. The van der Waals surface area contributed by atoms with Gasteiger partial charge in [0.05, 0.1) is 22.5 Å². The summed E-state index contributed by atoms with van der Waals surface area (Å²) >= 11 is 3.78. The van der Waals surface area contributed by atoms with Crippen LogP contribution in [-0.4, -0.2) is 40.6 Å². The Morgan fingerprint density at radius 2 is 1.88 bits per heavy atom. The van der Waals surface area contributed by atoms with E-state index in [9.17, 15) is 37.7 Å². The molecular formula is C20H12BrF3N2O7S. The zero-order valence-electron chi connectivity index (χ0n) is 16.9. The Labute approximate surface area is 201 Å². The standard InChI is InChI=1S/C20H12BrF3N2O7S/c1-32-17(27)9-25-18(28)16(34-19(25)29)7-10-6-12(21)3-5-14(10)33-15-4-2-11(20(22,23)24)8-13(15)26(30)31/h2-8H,9H2,1H3/b16-7+. The number of carbonyl (C=O) groups is 3. The molecule has 2 aromatic rings. The molecule has 1 aliphatic rings. The predicted octanol–water partition coefficient (Wildman–Crippen LogP) is 5.38. The highest BCUT2D eigenvalue weighted by atomic mass is 79.9. The van der Waals surface area contributed by atoms with Crippen molar-refractivity contribution in [1.29, 1.82) is 0 Å². The molecule has 34 heavy (non-hydrogen) atoms. The Morgan fingerprint density at radius 1 is 1.21 bits per heavy atom. The first-order valence-corrected chi connectivity index (χ1v) is 10.7. The maximum absolute atomic E-state index is 13.0. The fourth-order valence-corrected chi connectivity index (χ4v) is 3.95. The number of methoxy groups -OCH3 is 1. The number of nitrogens with zero attached hydrogens (tertiary/aromatic N) is 2. The minimum Gasteiger partial charge on any atom is -0.468 e. The van der Waals surface area contributed by atoms with Crippen LogP contribution in [0.5, 0.6) is 11.5 Å². The highest BCUT2D eigenvalue weighted by Gasteiger charge is 2.37. The Kier molecular flexibility index (Phi) is 7.31. The second kappa shape index (κ2) is 9.85. The summed E-state index contributed by atoms with van der Waals surface area (Å²) in [7, 11) is 1.10. The van der Waals surface area contributed by atoms with E-state index in [4.69, 9.17) is 4.74 Å². The molecule has 0 aliphatic carbocycles. The first kappa shape index (κ1) is 25.2. The molecule has 0 atom stereocenters. The molecule has 1 aliphatic heterocycles. The van der Waals surface area contributed by atoms with Crippen LogP contribution in [0, 0.1) is 10.1 Å². The summed E-state index contributed by atoms with van der Waals surface area (Å²) in [5, 5.41) is 10.6. The molecule has 2 aromatic carbocycles. The first-order valence-electron chi connectivity index (χ1n) is 9.06. The van der Waals surface area contributed by atoms with Crippen molar-refractivity contribution in [3.8, 4) is 11.5 Å². The number of thioether (sulfide) groups is 1. The van der Waals surface area contributed by atoms with Gasteiger partial charge in [-0.25, -0.2) is 0 Å². The van der Waals surface area contributed by atoms with Crippen molar-refractivity contribution in [2.75, 3.05) is 13.7 Å². The van der Waals surface area contributed by atoms with Gasteiger partial charge in [0, 0.05) is 16.1 Å². The summed E-state index contributed by atoms with van der Waals surface area (Å²) in [6, 6.07) is 6.16. The molecule has 2 amide bonds. The van der Waals surface area contributed by atoms with Crippen LogP contribution in [0.1, 0.15) is 11.1 Å². The Bertz CT molecular complexity index is 1230. The summed E-state index contributed by atoms with van der Waals surface area (Å²) < 4.78 is 49.4. The van der Waals surface area contributed by atoms with Crippen LogP contribution in [0.3, 0.4) is 0 Å². The number of alkyl halides is 3. The Balaban J connectivity index is 1.99. The average Bonchev–Trinajstić information content (AvgIpc) is 3.02. The first-order chi connectivity index (χ1) is 15.9. The summed E-state index contributed by atoms with van der Waals surface area (Å²) in [5.41, 5.74) is -1.95. The fraction of sp³-hybridized carbons (Fsp3) is 0.150. The molecule has 0 saturated carbocycles. The zero-order chi connectivity index (χ0) is 25.2. The van der Waals surface area contributed by atoms with E-state index in [1.165, 1.54) is 24.3 Å². The van der Waals surface area contributed by atoms with Gasteiger partial charge in [-0.15, -0.1) is 0 Å². The van der Waals surface area contributed by atoms with Gasteiger partial charge in [0.2, 0.25) is 5.75 Å². The van der Waals surface area contributed by atoms with Crippen molar-refractivity contribution in [1.82, 2.24) is 4.90 Å². The smallest absolute Gasteiger partial charge is 0.416 e. The van der Waals surface area contributed by atoms with Gasteiger partial charge in [0.15, 0.2) is 0 Å². The largest absolute Gasteiger partial charge is 0.468 e.